The molecule has 1 aromatic carbocycles. The smallest absolute Gasteiger partial charge is 0.231 e. The number of carbonyl (C=O) groups is 1. The minimum absolute atomic E-state index is 0.0266. The van der Waals surface area contributed by atoms with Crippen molar-refractivity contribution in [1.29, 1.82) is 0 Å². The molecule has 1 aliphatic heterocycles. The first kappa shape index (κ1) is 9.64. The van der Waals surface area contributed by atoms with Crippen molar-refractivity contribution in [1.82, 2.24) is 5.32 Å². The van der Waals surface area contributed by atoms with E-state index >= 15 is 0 Å². The Morgan fingerprint density at radius 3 is 3.07 bits per heavy atom. The second-order valence-corrected chi connectivity index (χ2v) is 3.22. The second-order valence-electron chi connectivity index (χ2n) is 3.22. The zero-order valence-corrected chi connectivity index (χ0v) is 8.24. The number of phenols is 1. The Labute approximate surface area is 86.6 Å². The van der Waals surface area contributed by atoms with Crippen LogP contribution in [0.3, 0.4) is 0 Å². The van der Waals surface area contributed by atoms with E-state index < -0.39 is 0 Å². The normalized spacial score (nSPS) is 12.6. The van der Waals surface area contributed by atoms with Crippen LogP contribution in [0.4, 0.5) is 0 Å². The summed E-state index contributed by atoms with van der Waals surface area (Å²) in [6.45, 7) is 1.81. The Morgan fingerprint density at radius 2 is 2.33 bits per heavy atom. The van der Waals surface area contributed by atoms with Gasteiger partial charge in [-0.25, -0.2) is 0 Å². The van der Waals surface area contributed by atoms with Gasteiger partial charge in [-0.3, -0.25) is 4.79 Å². The molecule has 0 radical (unpaired) electrons. The van der Waals surface area contributed by atoms with Crippen LogP contribution in [0.5, 0.6) is 17.2 Å². The standard InChI is InChI=1S/C10H11NO4/c1-6(12)11-4-7-2-3-8-10(9(7)13)15-5-14-8/h2-3,13H,4-5H2,1H3,(H,11,12). The van der Waals surface area contributed by atoms with Crippen molar-refractivity contribution < 1.29 is 19.4 Å². The fraction of sp³-hybridized carbons (Fsp3) is 0.300. The molecular formula is C10H11NO4. The van der Waals surface area contributed by atoms with Crippen molar-refractivity contribution in [3.8, 4) is 17.2 Å². The number of fused-ring (bicyclic) bond motifs is 1. The summed E-state index contributed by atoms with van der Waals surface area (Å²) in [7, 11) is 0. The highest BCUT2D eigenvalue weighted by Gasteiger charge is 2.20. The predicted octanol–water partition coefficient (Wildman–Crippen LogP) is 0.757. The predicted molar refractivity (Wildman–Crippen MR) is 51.8 cm³/mol. The number of nitrogens with one attached hydrogen (secondary N) is 1. The number of carbonyl (C=O) groups excluding carboxylic acids is 1. The molecule has 5 nitrogen and oxygen atoms in total. The van der Waals surface area contributed by atoms with Crippen LogP contribution in [0.15, 0.2) is 12.1 Å². The molecule has 0 saturated carbocycles. The molecule has 5 heteroatoms. The number of aromatic hydroxyl groups is 1. The lowest BCUT2D eigenvalue weighted by molar-refractivity contribution is -0.119. The summed E-state index contributed by atoms with van der Waals surface area (Å²) in [5.41, 5.74) is 0.606. The Morgan fingerprint density at radius 1 is 1.53 bits per heavy atom. The summed E-state index contributed by atoms with van der Waals surface area (Å²) >= 11 is 0. The maximum Gasteiger partial charge on any atom is 0.231 e. The summed E-state index contributed by atoms with van der Waals surface area (Å²) in [6.07, 6.45) is 0. The first-order valence-corrected chi connectivity index (χ1v) is 4.53. The Bertz CT molecular complexity index is 403. The number of hydrogen-bond acceptors (Lipinski definition) is 4. The van der Waals surface area contributed by atoms with Crippen molar-refractivity contribution in [2.24, 2.45) is 0 Å². The fourth-order valence-electron chi connectivity index (χ4n) is 1.36. The third kappa shape index (κ3) is 1.81. The van der Waals surface area contributed by atoms with E-state index in [-0.39, 0.29) is 25.0 Å². The van der Waals surface area contributed by atoms with Gasteiger partial charge in [0.15, 0.2) is 11.5 Å². The highest BCUT2D eigenvalue weighted by molar-refractivity contribution is 5.73. The minimum atomic E-state index is -0.146. The van der Waals surface area contributed by atoms with Crippen LogP contribution in [0.2, 0.25) is 0 Å². The highest BCUT2D eigenvalue weighted by Crippen LogP contribution is 2.42. The number of benzene rings is 1. The summed E-state index contributed by atoms with van der Waals surface area (Å²) in [4.78, 5) is 10.7. The Kier molecular flexibility index (Phi) is 2.37. The number of phenolic OH excluding ortho intramolecular Hbond substituents is 1. The molecule has 0 spiro atoms. The van der Waals surface area contributed by atoms with Gasteiger partial charge in [0.25, 0.3) is 0 Å². The van der Waals surface area contributed by atoms with Crippen molar-refractivity contribution >= 4 is 5.91 Å². The molecule has 1 amide bonds. The van der Waals surface area contributed by atoms with Crippen molar-refractivity contribution in [2.75, 3.05) is 6.79 Å². The monoisotopic (exact) mass is 209 g/mol. The van der Waals surface area contributed by atoms with Crippen LogP contribution in [0.1, 0.15) is 12.5 Å². The molecule has 15 heavy (non-hydrogen) atoms. The average molecular weight is 209 g/mol. The molecule has 0 fully saturated rings. The van der Waals surface area contributed by atoms with Gasteiger partial charge in [-0.05, 0) is 12.1 Å². The molecule has 2 rings (SSSR count). The number of hydrogen-bond donors (Lipinski definition) is 2. The summed E-state index contributed by atoms with van der Waals surface area (Å²) in [5, 5.41) is 12.4. The van der Waals surface area contributed by atoms with Gasteiger partial charge >= 0.3 is 0 Å². The number of amides is 1. The molecule has 0 bridgehead atoms. The zero-order chi connectivity index (χ0) is 10.8. The van der Waals surface area contributed by atoms with Crippen LogP contribution in [-0.4, -0.2) is 17.8 Å². The van der Waals surface area contributed by atoms with E-state index in [0.717, 1.165) is 0 Å². The molecule has 0 atom stereocenters. The van der Waals surface area contributed by atoms with Gasteiger partial charge in [-0.2, -0.15) is 0 Å². The maximum atomic E-state index is 10.7. The minimum Gasteiger partial charge on any atom is -0.504 e. The third-order valence-electron chi connectivity index (χ3n) is 2.12. The lowest BCUT2D eigenvalue weighted by atomic mass is 10.1. The van der Waals surface area contributed by atoms with E-state index in [1.54, 1.807) is 12.1 Å². The molecule has 2 N–H and O–H groups in total. The molecular weight excluding hydrogens is 198 g/mol. The fourth-order valence-corrected chi connectivity index (χ4v) is 1.36. The van der Waals surface area contributed by atoms with Gasteiger partial charge in [0.2, 0.25) is 18.4 Å². The van der Waals surface area contributed by atoms with E-state index in [1.165, 1.54) is 6.92 Å². The first-order valence-electron chi connectivity index (χ1n) is 4.53. The van der Waals surface area contributed by atoms with Gasteiger partial charge in [-0.15, -0.1) is 0 Å². The first-order chi connectivity index (χ1) is 7.18. The van der Waals surface area contributed by atoms with Crippen molar-refractivity contribution in [2.45, 2.75) is 13.5 Å². The van der Waals surface area contributed by atoms with E-state index in [2.05, 4.69) is 5.32 Å². The quantitative estimate of drug-likeness (QED) is 0.754. The topological polar surface area (TPSA) is 67.8 Å². The molecule has 1 aromatic rings. The highest BCUT2D eigenvalue weighted by atomic mass is 16.7. The molecule has 0 unspecified atom stereocenters. The average Bonchev–Trinajstić information content (AvgIpc) is 2.65. The second kappa shape index (κ2) is 3.68. The molecule has 1 heterocycles. The van der Waals surface area contributed by atoms with E-state index in [1.807, 2.05) is 0 Å². The van der Waals surface area contributed by atoms with E-state index in [9.17, 15) is 9.90 Å². The Hall–Kier alpha value is -1.91. The van der Waals surface area contributed by atoms with Crippen LogP contribution in [0.25, 0.3) is 0 Å². The number of rotatable bonds is 2. The molecule has 1 aliphatic rings. The van der Waals surface area contributed by atoms with Crippen LogP contribution in [-0.2, 0) is 11.3 Å². The van der Waals surface area contributed by atoms with Crippen molar-refractivity contribution in [3.63, 3.8) is 0 Å². The number of ether oxygens (including phenoxy) is 2. The third-order valence-corrected chi connectivity index (χ3v) is 2.12. The van der Waals surface area contributed by atoms with E-state index in [0.29, 0.717) is 17.1 Å². The maximum absolute atomic E-state index is 10.7. The molecule has 0 aliphatic carbocycles. The van der Waals surface area contributed by atoms with Gasteiger partial charge in [0.1, 0.15) is 0 Å². The molecule has 0 saturated heterocycles. The van der Waals surface area contributed by atoms with Gasteiger partial charge < -0.3 is 19.9 Å². The lowest BCUT2D eigenvalue weighted by Gasteiger charge is -2.07. The zero-order valence-electron chi connectivity index (χ0n) is 8.24. The van der Waals surface area contributed by atoms with E-state index in [4.69, 9.17) is 9.47 Å². The van der Waals surface area contributed by atoms with Gasteiger partial charge in [-0.1, -0.05) is 0 Å². The SMILES string of the molecule is CC(=O)NCc1ccc2c(c1O)OCO2. The Balaban J connectivity index is 2.22. The van der Waals surface area contributed by atoms with Crippen LogP contribution < -0.4 is 14.8 Å². The largest absolute Gasteiger partial charge is 0.504 e. The lowest BCUT2D eigenvalue weighted by Crippen LogP contribution is -2.18. The van der Waals surface area contributed by atoms with Crippen molar-refractivity contribution in [3.05, 3.63) is 17.7 Å². The van der Waals surface area contributed by atoms with Crippen LogP contribution >= 0.6 is 0 Å². The molecule has 0 aromatic heterocycles. The summed E-state index contributed by atoms with van der Waals surface area (Å²) in [5.74, 6) is 0.753. The molecule has 80 valence electrons. The van der Waals surface area contributed by atoms with Crippen LogP contribution in [0, 0.1) is 0 Å². The summed E-state index contributed by atoms with van der Waals surface area (Å²) in [6, 6.07) is 3.40. The van der Waals surface area contributed by atoms with Gasteiger partial charge in [0.05, 0.1) is 0 Å². The van der Waals surface area contributed by atoms with Gasteiger partial charge in [0, 0.05) is 19.0 Å². The summed E-state index contributed by atoms with van der Waals surface area (Å²) < 4.78 is 10.2.